The van der Waals surface area contributed by atoms with Gasteiger partial charge in [-0.15, -0.1) is 0 Å². The normalized spacial score (nSPS) is 36.9. The zero-order valence-electron chi connectivity index (χ0n) is 8.31. The third-order valence-corrected chi connectivity index (χ3v) is 3.79. The molecule has 2 rings (SSSR count). The van der Waals surface area contributed by atoms with E-state index < -0.39 is 0 Å². The van der Waals surface area contributed by atoms with Crippen molar-refractivity contribution in [2.45, 2.75) is 46.5 Å². The Kier molecular flexibility index (Phi) is 1.47. The van der Waals surface area contributed by atoms with Gasteiger partial charge in [-0.25, -0.2) is 0 Å². The lowest BCUT2D eigenvalue weighted by molar-refractivity contribution is -0.132. The summed E-state index contributed by atoms with van der Waals surface area (Å²) in [5, 5.41) is 0. The summed E-state index contributed by atoms with van der Waals surface area (Å²) in [7, 11) is 0. The van der Waals surface area contributed by atoms with E-state index in [0.29, 0.717) is 11.7 Å². The molecule has 0 saturated heterocycles. The molecule has 0 heterocycles. The van der Waals surface area contributed by atoms with Crippen LogP contribution < -0.4 is 0 Å². The van der Waals surface area contributed by atoms with Crippen LogP contribution in [-0.4, -0.2) is 5.78 Å². The predicted octanol–water partition coefficient (Wildman–Crippen LogP) is 2.79. The molecule has 0 amide bonds. The molecule has 0 aromatic heterocycles. The van der Waals surface area contributed by atoms with E-state index in [0.717, 1.165) is 6.42 Å². The van der Waals surface area contributed by atoms with Crippen LogP contribution in [0.1, 0.15) is 46.5 Å². The van der Waals surface area contributed by atoms with E-state index in [2.05, 4.69) is 20.8 Å². The van der Waals surface area contributed by atoms with Gasteiger partial charge in [-0.1, -0.05) is 20.8 Å². The molecule has 1 atom stereocenters. The summed E-state index contributed by atoms with van der Waals surface area (Å²) in [6.45, 7) is 6.69. The third-order valence-electron chi connectivity index (χ3n) is 3.79. The number of hydrogen-bond acceptors (Lipinski definition) is 1. The van der Waals surface area contributed by atoms with Crippen molar-refractivity contribution in [3.63, 3.8) is 0 Å². The number of ketones is 1. The SMILES string of the molecule is CC1CC(C)(C)CC(=O)C12CC2. The maximum absolute atomic E-state index is 11.8. The average molecular weight is 166 g/mol. The maximum atomic E-state index is 11.8. The lowest BCUT2D eigenvalue weighted by Crippen LogP contribution is -2.37. The highest BCUT2D eigenvalue weighted by molar-refractivity contribution is 5.89. The van der Waals surface area contributed by atoms with Crippen molar-refractivity contribution < 1.29 is 4.79 Å². The standard InChI is InChI=1S/C11H18O/c1-8-6-10(2,3)7-9(12)11(8)4-5-11/h8H,4-7H2,1-3H3. The van der Waals surface area contributed by atoms with Crippen LogP contribution in [0.15, 0.2) is 0 Å². The van der Waals surface area contributed by atoms with E-state index in [1.807, 2.05) is 0 Å². The Bertz CT molecular complexity index is 223. The largest absolute Gasteiger partial charge is 0.299 e. The van der Waals surface area contributed by atoms with Gasteiger partial charge in [0.2, 0.25) is 0 Å². The summed E-state index contributed by atoms with van der Waals surface area (Å²) in [6.07, 6.45) is 4.39. The number of Topliss-reactive ketones (excluding diaryl/α,β-unsaturated/α-hetero) is 1. The van der Waals surface area contributed by atoms with Crippen LogP contribution in [0.3, 0.4) is 0 Å². The van der Waals surface area contributed by atoms with Gasteiger partial charge < -0.3 is 0 Å². The van der Waals surface area contributed by atoms with Crippen molar-refractivity contribution in [1.29, 1.82) is 0 Å². The number of carbonyl (C=O) groups is 1. The van der Waals surface area contributed by atoms with Crippen LogP contribution in [0.5, 0.6) is 0 Å². The Morgan fingerprint density at radius 2 is 1.92 bits per heavy atom. The van der Waals surface area contributed by atoms with E-state index in [4.69, 9.17) is 0 Å². The molecule has 0 aromatic carbocycles. The fraction of sp³-hybridized carbons (Fsp3) is 0.909. The molecule has 0 aliphatic heterocycles. The van der Waals surface area contributed by atoms with Crippen LogP contribution in [0.4, 0.5) is 0 Å². The van der Waals surface area contributed by atoms with Crippen molar-refractivity contribution in [2.24, 2.45) is 16.7 Å². The van der Waals surface area contributed by atoms with Crippen LogP contribution in [0.2, 0.25) is 0 Å². The first-order valence-corrected chi connectivity index (χ1v) is 5.00. The molecule has 1 spiro atoms. The first-order valence-electron chi connectivity index (χ1n) is 5.00. The molecule has 1 unspecified atom stereocenters. The Balaban J connectivity index is 2.20. The summed E-state index contributed by atoms with van der Waals surface area (Å²) >= 11 is 0. The van der Waals surface area contributed by atoms with E-state index in [1.54, 1.807) is 0 Å². The minimum absolute atomic E-state index is 0.162. The van der Waals surface area contributed by atoms with Crippen molar-refractivity contribution >= 4 is 5.78 Å². The minimum Gasteiger partial charge on any atom is -0.299 e. The highest BCUT2D eigenvalue weighted by Crippen LogP contribution is 2.60. The van der Waals surface area contributed by atoms with Gasteiger partial charge in [0.15, 0.2) is 0 Å². The van der Waals surface area contributed by atoms with E-state index in [1.165, 1.54) is 19.3 Å². The van der Waals surface area contributed by atoms with Crippen LogP contribution in [-0.2, 0) is 4.79 Å². The molecule has 2 fully saturated rings. The van der Waals surface area contributed by atoms with Crippen molar-refractivity contribution in [3.8, 4) is 0 Å². The number of carbonyl (C=O) groups excluding carboxylic acids is 1. The maximum Gasteiger partial charge on any atom is 0.139 e. The van der Waals surface area contributed by atoms with E-state index >= 15 is 0 Å². The highest BCUT2D eigenvalue weighted by atomic mass is 16.1. The smallest absolute Gasteiger partial charge is 0.139 e. The van der Waals surface area contributed by atoms with Gasteiger partial charge in [0, 0.05) is 11.8 Å². The lowest BCUT2D eigenvalue weighted by atomic mass is 9.65. The van der Waals surface area contributed by atoms with Crippen LogP contribution in [0.25, 0.3) is 0 Å². The Labute approximate surface area is 74.5 Å². The topological polar surface area (TPSA) is 17.1 Å². The molecule has 68 valence electrons. The molecule has 0 aromatic rings. The monoisotopic (exact) mass is 166 g/mol. The average Bonchev–Trinajstić information content (AvgIpc) is 2.59. The lowest BCUT2D eigenvalue weighted by Gasteiger charge is -2.38. The van der Waals surface area contributed by atoms with Crippen LogP contribution in [0, 0.1) is 16.7 Å². The first-order chi connectivity index (χ1) is 5.46. The fourth-order valence-corrected chi connectivity index (χ4v) is 2.89. The molecule has 1 nitrogen and oxygen atoms in total. The second-order valence-electron chi connectivity index (χ2n) is 5.53. The molecule has 2 aliphatic rings. The fourth-order valence-electron chi connectivity index (χ4n) is 2.89. The van der Waals surface area contributed by atoms with Crippen molar-refractivity contribution in [2.75, 3.05) is 0 Å². The molecule has 0 N–H and O–H groups in total. The molecule has 2 saturated carbocycles. The molecule has 0 radical (unpaired) electrons. The number of hydrogen-bond donors (Lipinski definition) is 0. The third kappa shape index (κ3) is 1.02. The number of rotatable bonds is 0. The van der Waals surface area contributed by atoms with Gasteiger partial charge in [0.25, 0.3) is 0 Å². The predicted molar refractivity (Wildman–Crippen MR) is 48.9 cm³/mol. The van der Waals surface area contributed by atoms with E-state index in [9.17, 15) is 4.79 Å². The Morgan fingerprint density at radius 3 is 2.33 bits per heavy atom. The molecular formula is C11H18O. The van der Waals surface area contributed by atoms with Gasteiger partial charge >= 0.3 is 0 Å². The second-order valence-corrected chi connectivity index (χ2v) is 5.53. The van der Waals surface area contributed by atoms with Crippen molar-refractivity contribution in [3.05, 3.63) is 0 Å². The molecule has 0 bridgehead atoms. The molecule has 1 heteroatoms. The zero-order chi connectivity index (χ0) is 8.98. The van der Waals surface area contributed by atoms with Gasteiger partial charge in [0.05, 0.1) is 0 Å². The molecule has 12 heavy (non-hydrogen) atoms. The summed E-state index contributed by atoms with van der Waals surface area (Å²) < 4.78 is 0. The molecule has 2 aliphatic carbocycles. The van der Waals surface area contributed by atoms with E-state index in [-0.39, 0.29) is 10.8 Å². The Hall–Kier alpha value is -0.330. The first kappa shape index (κ1) is 8.28. The quantitative estimate of drug-likeness (QED) is 0.541. The van der Waals surface area contributed by atoms with Gasteiger partial charge in [0.1, 0.15) is 5.78 Å². The summed E-state index contributed by atoms with van der Waals surface area (Å²) in [5.41, 5.74) is 0.430. The Morgan fingerprint density at radius 1 is 1.33 bits per heavy atom. The van der Waals surface area contributed by atoms with Crippen LogP contribution >= 0.6 is 0 Å². The van der Waals surface area contributed by atoms with Gasteiger partial charge in [-0.05, 0) is 30.6 Å². The second kappa shape index (κ2) is 2.12. The van der Waals surface area contributed by atoms with Gasteiger partial charge in [-0.2, -0.15) is 0 Å². The molecular weight excluding hydrogens is 148 g/mol. The summed E-state index contributed by atoms with van der Waals surface area (Å²) in [6, 6.07) is 0. The van der Waals surface area contributed by atoms with Gasteiger partial charge in [-0.3, -0.25) is 4.79 Å². The van der Waals surface area contributed by atoms with Crippen molar-refractivity contribution in [1.82, 2.24) is 0 Å². The highest BCUT2D eigenvalue weighted by Gasteiger charge is 2.57. The zero-order valence-corrected chi connectivity index (χ0v) is 8.31. The summed E-state index contributed by atoms with van der Waals surface area (Å²) in [4.78, 5) is 11.8. The minimum atomic E-state index is 0.162. The summed E-state index contributed by atoms with van der Waals surface area (Å²) in [5.74, 6) is 1.18.